The van der Waals surface area contributed by atoms with E-state index in [0.717, 1.165) is 38.5 Å². The normalized spacial score (nSPS) is 57.0. The van der Waals surface area contributed by atoms with Crippen LogP contribution >= 0.6 is 0 Å². The van der Waals surface area contributed by atoms with Crippen LogP contribution < -0.4 is 0 Å². The van der Waals surface area contributed by atoms with Crippen LogP contribution in [0.15, 0.2) is 0 Å². The molecule has 4 aliphatic carbocycles. The van der Waals surface area contributed by atoms with Gasteiger partial charge in [-0.25, -0.2) is 0 Å². The van der Waals surface area contributed by atoms with E-state index in [1.54, 1.807) is 6.92 Å². The Bertz CT molecular complexity index is 531. The van der Waals surface area contributed by atoms with Crippen molar-refractivity contribution >= 4 is 5.78 Å². The van der Waals surface area contributed by atoms with Crippen LogP contribution in [0.1, 0.15) is 72.1 Å². The van der Waals surface area contributed by atoms with Crippen LogP contribution in [0.25, 0.3) is 0 Å². The van der Waals surface area contributed by atoms with Gasteiger partial charge in [0.1, 0.15) is 5.78 Å². The van der Waals surface area contributed by atoms with E-state index in [1.165, 1.54) is 12.8 Å². The molecule has 0 spiro atoms. The number of rotatable bonds is 1. The summed E-state index contributed by atoms with van der Waals surface area (Å²) < 4.78 is 0. The van der Waals surface area contributed by atoms with E-state index in [2.05, 4.69) is 13.8 Å². The van der Waals surface area contributed by atoms with Crippen LogP contribution in [-0.4, -0.2) is 28.2 Å². The number of aliphatic hydroxyl groups is 2. The number of hydrogen-bond donors (Lipinski definition) is 2. The van der Waals surface area contributed by atoms with Gasteiger partial charge >= 0.3 is 0 Å². The summed E-state index contributed by atoms with van der Waals surface area (Å²) in [7, 11) is 0. The van der Waals surface area contributed by atoms with Crippen molar-refractivity contribution < 1.29 is 15.0 Å². The van der Waals surface area contributed by atoms with Crippen molar-refractivity contribution in [1.29, 1.82) is 0 Å². The first-order chi connectivity index (χ1) is 11.3. The molecule has 4 aliphatic rings. The Labute approximate surface area is 146 Å². The lowest BCUT2D eigenvalue weighted by atomic mass is 9.44. The molecule has 3 heteroatoms. The van der Waals surface area contributed by atoms with Gasteiger partial charge in [0.25, 0.3) is 0 Å². The fourth-order valence-electron chi connectivity index (χ4n) is 8.03. The molecule has 0 heterocycles. The summed E-state index contributed by atoms with van der Waals surface area (Å²) in [4.78, 5) is 12.2. The number of hydrogen-bond acceptors (Lipinski definition) is 3. The van der Waals surface area contributed by atoms with E-state index in [4.69, 9.17) is 0 Å². The van der Waals surface area contributed by atoms with Gasteiger partial charge in [-0.15, -0.1) is 0 Å². The van der Waals surface area contributed by atoms with E-state index in [1.807, 2.05) is 0 Å². The molecule has 136 valence electrons. The van der Waals surface area contributed by atoms with Gasteiger partial charge in [0, 0.05) is 5.92 Å². The summed E-state index contributed by atoms with van der Waals surface area (Å²) in [6, 6.07) is 0. The van der Waals surface area contributed by atoms with E-state index < -0.39 is 0 Å². The maximum atomic E-state index is 12.2. The Morgan fingerprint density at radius 2 is 1.75 bits per heavy atom. The Morgan fingerprint density at radius 1 is 1.00 bits per heavy atom. The van der Waals surface area contributed by atoms with Gasteiger partial charge in [-0.3, -0.25) is 4.79 Å². The number of Topliss-reactive ketones (excluding diaryl/α,β-unsaturated/α-hetero) is 1. The average Bonchev–Trinajstić information content (AvgIpc) is 2.84. The zero-order valence-electron chi connectivity index (χ0n) is 15.5. The topological polar surface area (TPSA) is 57.5 Å². The maximum Gasteiger partial charge on any atom is 0.133 e. The molecule has 4 rings (SSSR count). The van der Waals surface area contributed by atoms with E-state index in [0.29, 0.717) is 29.5 Å². The van der Waals surface area contributed by atoms with Crippen LogP contribution in [0.2, 0.25) is 0 Å². The SMILES string of the molecule is CC(=O)[C@@H]1CC[C@@H]2[C@H]3CC[C@H]4C[C@@H](O)CC[C@]4(C)[C@@H]3[C@@H](O)C[C@]21C. The van der Waals surface area contributed by atoms with Crippen LogP contribution in [0.4, 0.5) is 0 Å². The molecular weight excluding hydrogens is 300 g/mol. The molecule has 0 unspecified atom stereocenters. The van der Waals surface area contributed by atoms with Gasteiger partial charge in [-0.2, -0.15) is 0 Å². The van der Waals surface area contributed by atoms with Crippen molar-refractivity contribution in [3.8, 4) is 0 Å². The first-order valence-corrected chi connectivity index (χ1v) is 10.1. The molecule has 0 aromatic rings. The predicted octanol–water partition coefficient (Wildman–Crippen LogP) is 3.57. The lowest BCUT2D eigenvalue weighted by Gasteiger charge is -2.62. The van der Waals surface area contributed by atoms with Gasteiger partial charge in [0.05, 0.1) is 12.2 Å². The Hall–Kier alpha value is -0.410. The van der Waals surface area contributed by atoms with Crippen molar-refractivity contribution in [2.24, 2.45) is 40.4 Å². The molecule has 3 nitrogen and oxygen atoms in total. The Balaban J connectivity index is 1.67. The van der Waals surface area contributed by atoms with Crippen molar-refractivity contribution in [2.45, 2.75) is 84.3 Å². The third kappa shape index (κ3) is 2.19. The van der Waals surface area contributed by atoms with E-state index in [-0.39, 0.29) is 29.0 Å². The maximum absolute atomic E-state index is 12.2. The molecule has 0 saturated heterocycles. The highest BCUT2D eigenvalue weighted by atomic mass is 16.3. The molecular formula is C21H34O3. The van der Waals surface area contributed by atoms with Gasteiger partial charge in [0.2, 0.25) is 0 Å². The van der Waals surface area contributed by atoms with Crippen molar-refractivity contribution in [1.82, 2.24) is 0 Å². The molecule has 24 heavy (non-hydrogen) atoms. The molecule has 0 aromatic carbocycles. The molecule has 0 amide bonds. The summed E-state index contributed by atoms with van der Waals surface area (Å²) in [6.07, 6.45) is 7.80. The fourth-order valence-corrected chi connectivity index (χ4v) is 8.03. The van der Waals surface area contributed by atoms with Crippen LogP contribution in [0.3, 0.4) is 0 Å². The molecule has 0 aromatic heterocycles. The number of fused-ring (bicyclic) bond motifs is 5. The standard InChI is InChI=1S/C21H34O3/c1-12(22)16-6-7-17-15-5-4-13-10-14(23)8-9-20(13,2)19(15)18(24)11-21(16,17)3/h13-19,23-24H,4-11H2,1-3H3/t13-,14-,15+,16-,17+,18-,19-,20-,21-/m0/s1. The largest absolute Gasteiger partial charge is 0.393 e. The minimum absolute atomic E-state index is 0.00376. The lowest BCUT2D eigenvalue weighted by Crippen LogP contribution is -2.59. The second-order valence-corrected chi connectivity index (χ2v) is 10.0. The highest BCUT2D eigenvalue weighted by Gasteiger charge is 2.63. The van der Waals surface area contributed by atoms with Gasteiger partial charge < -0.3 is 10.2 Å². The monoisotopic (exact) mass is 334 g/mol. The molecule has 2 N–H and O–H groups in total. The van der Waals surface area contributed by atoms with Crippen LogP contribution in [0, 0.1) is 40.4 Å². The van der Waals surface area contributed by atoms with E-state index in [9.17, 15) is 15.0 Å². The zero-order valence-corrected chi connectivity index (χ0v) is 15.5. The van der Waals surface area contributed by atoms with Crippen LogP contribution in [0.5, 0.6) is 0 Å². The number of carbonyl (C=O) groups excluding carboxylic acids is 1. The minimum Gasteiger partial charge on any atom is -0.393 e. The molecule has 0 aliphatic heterocycles. The lowest BCUT2D eigenvalue weighted by molar-refractivity contribution is -0.178. The third-order valence-electron chi connectivity index (χ3n) is 9.06. The number of ketones is 1. The summed E-state index contributed by atoms with van der Waals surface area (Å²) in [5.74, 6) is 2.58. The van der Waals surface area contributed by atoms with Gasteiger partial charge in [-0.1, -0.05) is 13.8 Å². The first-order valence-electron chi connectivity index (χ1n) is 10.1. The molecule has 0 bridgehead atoms. The summed E-state index contributed by atoms with van der Waals surface area (Å²) >= 11 is 0. The summed E-state index contributed by atoms with van der Waals surface area (Å²) in [5.41, 5.74) is 0.182. The predicted molar refractivity (Wildman–Crippen MR) is 93.3 cm³/mol. The fraction of sp³-hybridized carbons (Fsp3) is 0.952. The van der Waals surface area contributed by atoms with E-state index >= 15 is 0 Å². The Kier molecular flexibility index (Phi) is 3.93. The average molecular weight is 335 g/mol. The summed E-state index contributed by atoms with van der Waals surface area (Å²) in [6.45, 7) is 6.43. The van der Waals surface area contributed by atoms with Crippen molar-refractivity contribution in [2.75, 3.05) is 0 Å². The second-order valence-electron chi connectivity index (χ2n) is 10.0. The quantitative estimate of drug-likeness (QED) is 0.771. The smallest absolute Gasteiger partial charge is 0.133 e. The zero-order chi connectivity index (χ0) is 17.3. The highest BCUT2D eigenvalue weighted by Crippen LogP contribution is 2.67. The van der Waals surface area contributed by atoms with Crippen molar-refractivity contribution in [3.63, 3.8) is 0 Å². The van der Waals surface area contributed by atoms with Gasteiger partial charge in [0.15, 0.2) is 0 Å². The second kappa shape index (κ2) is 5.54. The third-order valence-corrected chi connectivity index (χ3v) is 9.06. The minimum atomic E-state index is -0.278. The van der Waals surface area contributed by atoms with Crippen LogP contribution in [-0.2, 0) is 4.79 Å². The summed E-state index contributed by atoms with van der Waals surface area (Å²) in [5, 5.41) is 21.3. The first kappa shape index (κ1) is 17.0. The van der Waals surface area contributed by atoms with Gasteiger partial charge in [-0.05, 0) is 92.8 Å². The number of aliphatic hydroxyl groups excluding tert-OH is 2. The highest BCUT2D eigenvalue weighted by molar-refractivity contribution is 5.79. The molecule has 4 fully saturated rings. The number of carbonyl (C=O) groups is 1. The van der Waals surface area contributed by atoms with Crippen molar-refractivity contribution in [3.05, 3.63) is 0 Å². The Morgan fingerprint density at radius 3 is 2.46 bits per heavy atom. The molecule has 4 saturated carbocycles. The molecule has 9 atom stereocenters. The molecule has 0 radical (unpaired) electrons.